The number of fused-ring (bicyclic) bond motifs is 1. The quantitative estimate of drug-likeness (QED) is 0.309. The highest BCUT2D eigenvalue weighted by Crippen LogP contribution is 2.42. The maximum absolute atomic E-state index is 11.6. The number of aromatic hydroxyl groups is 1. The second-order valence-electron chi connectivity index (χ2n) is 9.54. The topological polar surface area (TPSA) is 49.9 Å². The fraction of sp³-hybridized carbons (Fsp3) is 0.226. The van der Waals surface area contributed by atoms with Gasteiger partial charge in [-0.1, -0.05) is 97.3 Å². The maximum atomic E-state index is 11.6. The molecule has 0 unspecified atom stereocenters. The molecule has 1 aromatic heterocycles. The minimum atomic E-state index is 0.269. The molecule has 1 saturated carbocycles. The van der Waals surface area contributed by atoms with Gasteiger partial charge in [0.25, 0.3) is 0 Å². The van der Waals surface area contributed by atoms with Crippen molar-refractivity contribution in [2.24, 2.45) is 9.98 Å². The molecular weight excluding hydrogens is 462 g/mol. The number of aryl methyl sites for hydroxylation is 1. The third kappa shape index (κ3) is 4.24. The van der Waals surface area contributed by atoms with Gasteiger partial charge in [-0.3, -0.25) is 4.57 Å². The van der Waals surface area contributed by atoms with Crippen molar-refractivity contribution in [2.75, 3.05) is 0 Å². The van der Waals surface area contributed by atoms with E-state index < -0.39 is 0 Å². The lowest BCUT2D eigenvalue weighted by molar-refractivity contribution is 0.307. The Morgan fingerprint density at radius 2 is 1.64 bits per heavy atom. The Balaban J connectivity index is 1.54. The molecule has 2 heterocycles. The van der Waals surface area contributed by atoms with E-state index in [-0.39, 0.29) is 6.04 Å². The third-order valence-corrected chi connectivity index (χ3v) is 8.10. The van der Waals surface area contributed by atoms with Crippen LogP contribution >= 0.6 is 11.3 Å². The van der Waals surface area contributed by atoms with Crippen molar-refractivity contribution in [3.05, 3.63) is 105 Å². The summed E-state index contributed by atoms with van der Waals surface area (Å²) in [5, 5.41) is 11.6. The zero-order chi connectivity index (χ0) is 24.5. The Morgan fingerprint density at radius 1 is 0.917 bits per heavy atom. The molecule has 1 aliphatic heterocycles. The van der Waals surface area contributed by atoms with Crippen molar-refractivity contribution in [3.63, 3.8) is 0 Å². The summed E-state index contributed by atoms with van der Waals surface area (Å²) in [6.45, 7) is 2.10. The molecule has 0 atom stereocenters. The van der Waals surface area contributed by atoms with Gasteiger partial charge in [-0.15, -0.1) is 0 Å². The normalized spacial score (nSPS) is 17.4. The average molecular weight is 492 g/mol. The zero-order valence-electron chi connectivity index (χ0n) is 20.4. The third-order valence-electron chi connectivity index (χ3n) is 7.11. The molecule has 0 saturated heterocycles. The van der Waals surface area contributed by atoms with Gasteiger partial charge in [0, 0.05) is 22.7 Å². The van der Waals surface area contributed by atoms with E-state index in [1.165, 1.54) is 19.3 Å². The summed E-state index contributed by atoms with van der Waals surface area (Å²) in [5.41, 5.74) is 7.22. The smallest absolute Gasteiger partial charge is 0.211 e. The van der Waals surface area contributed by atoms with Crippen LogP contribution in [0.2, 0.25) is 0 Å². The maximum Gasteiger partial charge on any atom is 0.211 e. The number of aromatic nitrogens is 1. The number of hydrogen-bond donors (Lipinski definition) is 1. The monoisotopic (exact) mass is 491 g/mol. The molecule has 6 rings (SSSR count). The molecule has 180 valence electrons. The highest BCUT2D eigenvalue weighted by molar-refractivity contribution is 7.10. The first-order valence-corrected chi connectivity index (χ1v) is 13.5. The highest BCUT2D eigenvalue weighted by atomic mass is 32.1. The molecule has 3 aromatic carbocycles. The molecule has 1 fully saturated rings. The molecule has 2 aliphatic rings. The van der Waals surface area contributed by atoms with E-state index >= 15 is 0 Å². The van der Waals surface area contributed by atoms with Crippen molar-refractivity contribution < 1.29 is 5.11 Å². The van der Waals surface area contributed by atoms with Crippen LogP contribution in [-0.4, -0.2) is 15.4 Å². The van der Waals surface area contributed by atoms with Crippen molar-refractivity contribution in [1.29, 1.82) is 0 Å². The number of thiazole rings is 1. The Kier molecular flexibility index (Phi) is 6.16. The van der Waals surface area contributed by atoms with Gasteiger partial charge in [-0.2, -0.15) is 0 Å². The molecule has 0 amide bonds. The summed E-state index contributed by atoms with van der Waals surface area (Å²) in [4.78, 5) is 11.7. The lowest BCUT2D eigenvalue weighted by Gasteiger charge is -2.23. The molecule has 0 spiro atoms. The Hall–Kier alpha value is -3.70. The Morgan fingerprint density at radius 3 is 2.39 bits per heavy atom. The van der Waals surface area contributed by atoms with Gasteiger partial charge in [0.15, 0.2) is 4.80 Å². The first-order valence-electron chi connectivity index (χ1n) is 12.7. The van der Waals surface area contributed by atoms with Gasteiger partial charge in [-0.25, -0.2) is 9.98 Å². The van der Waals surface area contributed by atoms with Crippen molar-refractivity contribution in [3.8, 4) is 5.88 Å². The van der Waals surface area contributed by atoms with Gasteiger partial charge in [0.05, 0.1) is 22.0 Å². The molecule has 4 nitrogen and oxygen atoms in total. The number of nitrogens with zero attached hydrogens (tertiary/aromatic N) is 3. The van der Waals surface area contributed by atoms with E-state index in [2.05, 4.69) is 47.9 Å². The average Bonchev–Trinajstić information content (AvgIpc) is 3.44. The van der Waals surface area contributed by atoms with Gasteiger partial charge in [0.1, 0.15) is 0 Å². The van der Waals surface area contributed by atoms with Gasteiger partial charge >= 0.3 is 0 Å². The van der Waals surface area contributed by atoms with Gasteiger partial charge < -0.3 is 5.11 Å². The molecule has 1 aliphatic carbocycles. The van der Waals surface area contributed by atoms with Crippen LogP contribution in [0.1, 0.15) is 59.7 Å². The fourth-order valence-corrected chi connectivity index (χ4v) is 6.32. The SMILES string of the molecule is Cc1cccc2c1N=C(c1ccccc1)C2=Cc1sc(=Nc2ccccc2)n(C2CCCCC2)c1O. The van der Waals surface area contributed by atoms with Crippen molar-refractivity contribution in [2.45, 2.75) is 45.1 Å². The Bertz CT molecular complexity index is 1520. The summed E-state index contributed by atoms with van der Waals surface area (Å²) in [6, 6.07) is 26.9. The van der Waals surface area contributed by atoms with E-state index in [4.69, 9.17) is 9.98 Å². The van der Waals surface area contributed by atoms with Crippen molar-refractivity contribution >= 4 is 40.1 Å². The predicted octanol–water partition coefficient (Wildman–Crippen LogP) is 7.98. The van der Waals surface area contributed by atoms with E-state index in [0.717, 1.165) is 61.9 Å². The first kappa shape index (κ1) is 22.7. The Labute approximate surface area is 215 Å². The molecular formula is C31H29N3OS. The van der Waals surface area contributed by atoms with Crippen molar-refractivity contribution in [1.82, 2.24) is 4.57 Å². The van der Waals surface area contributed by atoms with Crippen LogP contribution in [0.5, 0.6) is 5.88 Å². The van der Waals surface area contributed by atoms with Crippen LogP contribution in [0.4, 0.5) is 11.4 Å². The summed E-state index contributed by atoms with van der Waals surface area (Å²) in [7, 11) is 0. The van der Waals surface area contributed by atoms with Crippen LogP contribution in [0.15, 0.2) is 88.8 Å². The standard InChI is InChI=1S/C31H29N3OS/c1-21-12-11-19-25-26(29(33-28(21)25)22-13-5-2-6-14-22)20-27-30(35)34(24-17-9-4-10-18-24)31(36-27)32-23-15-7-3-8-16-23/h2-3,5-8,11-16,19-20,24,35H,4,9-10,17-18H2,1H3. The molecule has 4 aromatic rings. The second-order valence-corrected chi connectivity index (χ2v) is 10.5. The van der Waals surface area contributed by atoms with Crippen LogP contribution in [0.3, 0.4) is 0 Å². The number of hydrogen-bond acceptors (Lipinski definition) is 4. The minimum absolute atomic E-state index is 0.269. The summed E-state index contributed by atoms with van der Waals surface area (Å²) in [5.74, 6) is 0.308. The number of aliphatic imine (C=N–C) groups is 1. The minimum Gasteiger partial charge on any atom is -0.493 e. The van der Waals surface area contributed by atoms with E-state index in [0.29, 0.717) is 5.88 Å². The predicted molar refractivity (Wildman–Crippen MR) is 149 cm³/mol. The van der Waals surface area contributed by atoms with Gasteiger partial charge in [0.2, 0.25) is 5.88 Å². The first-order chi connectivity index (χ1) is 17.7. The molecule has 36 heavy (non-hydrogen) atoms. The van der Waals surface area contributed by atoms with E-state index in [1.54, 1.807) is 11.3 Å². The fourth-order valence-electron chi connectivity index (χ4n) is 5.27. The number of rotatable bonds is 4. The number of benzene rings is 3. The van der Waals surface area contributed by atoms with E-state index in [1.807, 2.05) is 48.5 Å². The molecule has 0 radical (unpaired) electrons. The van der Waals surface area contributed by atoms with Gasteiger partial charge in [-0.05, 0) is 43.5 Å². The second kappa shape index (κ2) is 9.75. The lowest BCUT2D eigenvalue weighted by atomic mass is 9.95. The lowest BCUT2D eigenvalue weighted by Crippen LogP contribution is -2.22. The summed E-state index contributed by atoms with van der Waals surface area (Å²) in [6.07, 6.45) is 7.89. The highest BCUT2D eigenvalue weighted by Gasteiger charge is 2.26. The number of allylic oxidation sites excluding steroid dienone is 1. The van der Waals surface area contributed by atoms with Crippen LogP contribution in [-0.2, 0) is 0 Å². The molecule has 0 bridgehead atoms. The van der Waals surface area contributed by atoms with E-state index in [9.17, 15) is 5.11 Å². The van der Waals surface area contributed by atoms with Crippen LogP contribution in [0.25, 0.3) is 11.6 Å². The summed E-state index contributed by atoms with van der Waals surface area (Å²) < 4.78 is 2.08. The number of para-hydroxylation sites is 2. The summed E-state index contributed by atoms with van der Waals surface area (Å²) >= 11 is 1.55. The molecule has 5 heteroatoms. The largest absolute Gasteiger partial charge is 0.493 e. The van der Waals surface area contributed by atoms with Crippen LogP contribution < -0.4 is 4.80 Å². The molecule has 1 N–H and O–H groups in total. The van der Waals surface area contributed by atoms with Crippen LogP contribution in [0, 0.1) is 6.92 Å². The zero-order valence-corrected chi connectivity index (χ0v) is 21.2.